The normalized spacial score (nSPS) is 11.9. The van der Waals surface area contributed by atoms with Crippen molar-refractivity contribution in [2.75, 3.05) is 4.31 Å². The lowest BCUT2D eigenvalue weighted by atomic mass is 10.1. The molecule has 1 atom stereocenters. The van der Waals surface area contributed by atoms with E-state index in [9.17, 15) is 13.6 Å². The Hall–Kier alpha value is -2.97. The number of anilines is 2. The number of nitrogens with one attached hydrogen (secondary N) is 1. The van der Waals surface area contributed by atoms with Gasteiger partial charge in [0.1, 0.15) is 0 Å². The highest BCUT2D eigenvalue weighted by atomic mass is 32.2. The van der Waals surface area contributed by atoms with Crippen LogP contribution in [0.25, 0.3) is 0 Å². The average Bonchev–Trinajstić information content (AvgIpc) is 3.08. The number of carbonyl (C=O) groups excluding carboxylic acids is 1. The molecule has 0 saturated carbocycles. The molecule has 0 saturated heterocycles. The molecule has 3 aromatic rings. The van der Waals surface area contributed by atoms with Gasteiger partial charge in [0.2, 0.25) is 0 Å². The van der Waals surface area contributed by atoms with Gasteiger partial charge in [0.15, 0.2) is 0 Å². The standard InChI is InChI=1S/C20H22N4O3S/c1-14-4-8-18(9-5-14)24(28(26)27)19-10-16(7-6-15(19)2)20(25)21-11-17-12-23(3)13-22-17/h4-10,12-13H,11H2,1-3H3,(H,21,25)(H,26,27). The Morgan fingerprint density at radius 1 is 1.21 bits per heavy atom. The minimum Gasteiger partial charge on any atom is -0.346 e. The number of aryl methyl sites for hydroxylation is 3. The second-order valence-corrected chi connectivity index (χ2v) is 7.40. The number of hydrogen-bond donors (Lipinski definition) is 2. The fourth-order valence-electron chi connectivity index (χ4n) is 2.79. The molecule has 0 aliphatic heterocycles. The summed E-state index contributed by atoms with van der Waals surface area (Å²) in [5.74, 6) is -0.278. The van der Waals surface area contributed by atoms with E-state index in [0.29, 0.717) is 23.5 Å². The van der Waals surface area contributed by atoms with Gasteiger partial charge in [0, 0.05) is 18.8 Å². The predicted octanol–water partition coefficient (Wildman–Crippen LogP) is 3.24. The molecule has 1 aromatic heterocycles. The smallest absolute Gasteiger partial charge is 0.266 e. The molecule has 0 aliphatic rings. The first-order valence-corrected chi connectivity index (χ1v) is 9.75. The van der Waals surface area contributed by atoms with Crippen LogP contribution < -0.4 is 9.62 Å². The lowest BCUT2D eigenvalue weighted by molar-refractivity contribution is 0.0950. The molecule has 0 bridgehead atoms. The van der Waals surface area contributed by atoms with Gasteiger partial charge < -0.3 is 9.88 Å². The van der Waals surface area contributed by atoms with Crippen molar-refractivity contribution in [3.05, 3.63) is 77.4 Å². The van der Waals surface area contributed by atoms with Gasteiger partial charge in [-0.3, -0.25) is 9.35 Å². The third kappa shape index (κ3) is 4.47. The third-order valence-corrected chi connectivity index (χ3v) is 5.02. The van der Waals surface area contributed by atoms with Gasteiger partial charge in [-0.15, -0.1) is 0 Å². The van der Waals surface area contributed by atoms with Crippen molar-refractivity contribution < 1.29 is 13.6 Å². The van der Waals surface area contributed by atoms with Crippen LogP contribution in [-0.4, -0.2) is 24.2 Å². The van der Waals surface area contributed by atoms with E-state index in [0.717, 1.165) is 16.8 Å². The first-order valence-electron chi connectivity index (χ1n) is 8.68. The summed E-state index contributed by atoms with van der Waals surface area (Å²) in [6.07, 6.45) is 3.50. The van der Waals surface area contributed by atoms with Crippen molar-refractivity contribution in [3.8, 4) is 0 Å². The Kier molecular flexibility index (Phi) is 5.91. The van der Waals surface area contributed by atoms with E-state index in [1.807, 2.05) is 43.8 Å². The maximum atomic E-state index is 12.6. The van der Waals surface area contributed by atoms with Crippen LogP contribution in [0.5, 0.6) is 0 Å². The Balaban J connectivity index is 1.87. The SMILES string of the molecule is Cc1ccc(N(c2cc(C(=O)NCc3cn(C)cn3)ccc2C)S(=O)O)cc1. The predicted molar refractivity (Wildman–Crippen MR) is 110 cm³/mol. The lowest BCUT2D eigenvalue weighted by Gasteiger charge is -2.22. The summed E-state index contributed by atoms with van der Waals surface area (Å²) in [7, 11) is 1.86. The molecule has 0 aliphatic carbocycles. The van der Waals surface area contributed by atoms with Gasteiger partial charge in [0.25, 0.3) is 17.2 Å². The number of nitrogens with zero attached hydrogens (tertiary/aromatic N) is 3. The minimum absolute atomic E-state index is 0.278. The van der Waals surface area contributed by atoms with E-state index in [2.05, 4.69) is 10.3 Å². The van der Waals surface area contributed by atoms with E-state index in [4.69, 9.17) is 0 Å². The number of carbonyl (C=O) groups is 1. The number of benzene rings is 2. The molecule has 2 aromatic carbocycles. The van der Waals surface area contributed by atoms with Gasteiger partial charge in [0.05, 0.1) is 29.9 Å². The number of rotatable bonds is 6. The molecule has 1 amide bonds. The zero-order valence-electron chi connectivity index (χ0n) is 15.9. The molecule has 3 rings (SSSR count). The maximum absolute atomic E-state index is 12.6. The minimum atomic E-state index is -2.29. The number of hydrogen-bond acceptors (Lipinski definition) is 3. The second-order valence-electron chi connectivity index (χ2n) is 6.58. The van der Waals surface area contributed by atoms with E-state index < -0.39 is 11.3 Å². The van der Waals surface area contributed by atoms with Crippen molar-refractivity contribution in [2.45, 2.75) is 20.4 Å². The summed E-state index contributed by atoms with van der Waals surface area (Å²) in [6.45, 7) is 4.08. The first-order chi connectivity index (χ1) is 13.3. The molecule has 28 heavy (non-hydrogen) atoms. The molecule has 146 valence electrons. The molecular weight excluding hydrogens is 376 g/mol. The van der Waals surface area contributed by atoms with E-state index >= 15 is 0 Å². The highest BCUT2D eigenvalue weighted by Gasteiger charge is 2.19. The molecule has 0 spiro atoms. The van der Waals surface area contributed by atoms with Crippen LogP contribution in [0.3, 0.4) is 0 Å². The van der Waals surface area contributed by atoms with Crippen molar-refractivity contribution in [3.63, 3.8) is 0 Å². The maximum Gasteiger partial charge on any atom is 0.266 e. The third-order valence-electron chi connectivity index (χ3n) is 4.30. The molecule has 8 heteroatoms. The van der Waals surface area contributed by atoms with Gasteiger partial charge in [-0.1, -0.05) is 23.8 Å². The fraction of sp³-hybridized carbons (Fsp3) is 0.200. The summed E-state index contributed by atoms with van der Waals surface area (Å²) >= 11 is -2.29. The van der Waals surface area contributed by atoms with Crippen LogP contribution >= 0.6 is 0 Å². The zero-order valence-corrected chi connectivity index (χ0v) is 16.7. The lowest BCUT2D eigenvalue weighted by Crippen LogP contribution is -2.24. The molecule has 0 fully saturated rings. The average molecular weight is 398 g/mol. The highest BCUT2D eigenvalue weighted by Crippen LogP contribution is 2.30. The van der Waals surface area contributed by atoms with Gasteiger partial charge >= 0.3 is 0 Å². The monoisotopic (exact) mass is 398 g/mol. The summed E-state index contributed by atoms with van der Waals surface area (Å²) in [5, 5.41) is 2.82. The fourth-order valence-corrected chi connectivity index (χ4v) is 3.46. The van der Waals surface area contributed by atoms with Crippen LogP contribution in [0.1, 0.15) is 27.2 Å². The zero-order chi connectivity index (χ0) is 20.3. The molecule has 2 N–H and O–H groups in total. The van der Waals surface area contributed by atoms with E-state index in [-0.39, 0.29) is 5.91 Å². The van der Waals surface area contributed by atoms with Crippen LogP contribution in [0.4, 0.5) is 11.4 Å². The van der Waals surface area contributed by atoms with Crippen molar-refractivity contribution in [1.82, 2.24) is 14.9 Å². The summed E-state index contributed by atoms with van der Waals surface area (Å²) in [5.41, 5.74) is 4.05. The van der Waals surface area contributed by atoms with Crippen LogP contribution in [0.2, 0.25) is 0 Å². The number of aromatic nitrogens is 2. The Morgan fingerprint density at radius 3 is 2.54 bits per heavy atom. The van der Waals surface area contributed by atoms with Gasteiger partial charge in [-0.05, 0) is 43.7 Å². The van der Waals surface area contributed by atoms with E-state index in [1.54, 1.807) is 36.7 Å². The number of amides is 1. The highest BCUT2D eigenvalue weighted by molar-refractivity contribution is 7.81. The topological polar surface area (TPSA) is 87.5 Å². The van der Waals surface area contributed by atoms with Gasteiger partial charge in [-0.2, -0.15) is 0 Å². The number of imidazole rings is 1. The van der Waals surface area contributed by atoms with Crippen molar-refractivity contribution in [1.29, 1.82) is 0 Å². The van der Waals surface area contributed by atoms with Crippen molar-refractivity contribution >= 4 is 28.5 Å². The van der Waals surface area contributed by atoms with Crippen LogP contribution in [0.15, 0.2) is 55.0 Å². The van der Waals surface area contributed by atoms with Crippen molar-refractivity contribution in [2.24, 2.45) is 7.05 Å². The first kappa shape index (κ1) is 19.8. The van der Waals surface area contributed by atoms with Crippen LogP contribution in [-0.2, 0) is 24.9 Å². The van der Waals surface area contributed by atoms with E-state index in [1.165, 1.54) is 4.31 Å². The summed E-state index contributed by atoms with van der Waals surface area (Å²) < 4.78 is 25.0. The molecular formula is C20H22N4O3S. The largest absolute Gasteiger partial charge is 0.346 e. The Bertz CT molecular complexity index is 1010. The summed E-state index contributed by atoms with van der Waals surface area (Å²) in [6, 6.07) is 12.4. The molecule has 0 radical (unpaired) electrons. The van der Waals surface area contributed by atoms with Crippen LogP contribution in [0, 0.1) is 13.8 Å². The quantitative estimate of drug-likeness (QED) is 0.624. The summed E-state index contributed by atoms with van der Waals surface area (Å²) in [4.78, 5) is 16.7. The van der Waals surface area contributed by atoms with Gasteiger partial charge in [-0.25, -0.2) is 13.5 Å². The second kappa shape index (κ2) is 8.37. The Morgan fingerprint density at radius 2 is 1.93 bits per heavy atom. The molecule has 1 unspecified atom stereocenters. The molecule has 7 nitrogen and oxygen atoms in total. The molecule has 1 heterocycles. The Labute approximate surface area is 166 Å².